The van der Waals surface area contributed by atoms with Crippen LogP contribution < -0.4 is 20.4 Å². The molecular weight excluding hydrogens is 696 g/mol. The van der Waals surface area contributed by atoms with E-state index in [2.05, 4.69) is 5.32 Å². The van der Waals surface area contributed by atoms with Gasteiger partial charge in [-0.05, 0) is 76.5 Å². The van der Waals surface area contributed by atoms with Crippen molar-refractivity contribution < 1.29 is 37.7 Å². The van der Waals surface area contributed by atoms with E-state index in [-0.39, 0.29) is 47.5 Å². The minimum absolute atomic E-state index is 0.0663. The number of fused-ring (bicyclic) bond motifs is 6. The highest BCUT2D eigenvalue weighted by Crippen LogP contribution is 2.71. The number of aromatic nitrogens is 1. The standard InChI is InChI=1S/C42H51F2N3O7/c1-22-15-31-30-10-7-25-16-28(49)11-12-39(25,4)41(30,44)35(52)20-40(31,5)42(22,54-24(3)48)34(51)18-27-17-33(50)29-19-32(43)37(46-14-13-45-23(2)21-46)38(53-6)36(29)47(27)26-8-9-26/h11-12,16-17,19,22-23,26,30-31,35,45,52H,7-10,13-15,18,20-21H2,1-6H3/t22-,23?,30-,31-,35-,39-,40-,41-,42-/m1/s1. The van der Waals surface area contributed by atoms with Crippen LogP contribution in [0.15, 0.2) is 40.7 Å². The summed E-state index contributed by atoms with van der Waals surface area (Å²) in [6, 6.07) is 2.69. The number of Topliss-reactive ketones (excluding diaryl/α,β-unsaturated/α-hetero) is 1. The Morgan fingerprint density at radius 2 is 1.85 bits per heavy atom. The van der Waals surface area contributed by atoms with Crippen molar-refractivity contribution in [3.63, 3.8) is 0 Å². The zero-order chi connectivity index (χ0) is 38.7. The molecule has 0 bridgehead atoms. The monoisotopic (exact) mass is 747 g/mol. The number of benzene rings is 1. The summed E-state index contributed by atoms with van der Waals surface area (Å²) >= 11 is 0. The number of nitrogens with one attached hydrogen (secondary N) is 1. The van der Waals surface area contributed by atoms with E-state index in [1.165, 1.54) is 38.3 Å². The van der Waals surface area contributed by atoms with Crippen LogP contribution in [-0.4, -0.2) is 77.4 Å². The number of rotatable bonds is 7. The molecule has 4 saturated carbocycles. The quantitative estimate of drug-likeness (QED) is 0.363. The predicted molar refractivity (Wildman–Crippen MR) is 199 cm³/mol. The van der Waals surface area contributed by atoms with Crippen LogP contribution in [-0.2, 0) is 25.5 Å². The number of alkyl halides is 1. The lowest BCUT2D eigenvalue weighted by atomic mass is 9.44. The van der Waals surface area contributed by atoms with Crippen molar-refractivity contribution in [2.75, 3.05) is 31.6 Å². The number of hydrogen-bond donors (Lipinski definition) is 2. The summed E-state index contributed by atoms with van der Waals surface area (Å²) in [6.07, 6.45) is 5.28. The third-order valence-electron chi connectivity index (χ3n) is 14.3. The number of hydrogen-bond acceptors (Lipinski definition) is 9. The molecular formula is C42H51F2N3O7. The van der Waals surface area contributed by atoms with E-state index in [9.17, 15) is 19.5 Å². The van der Waals surface area contributed by atoms with E-state index in [1.54, 1.807) is 13.0 Å². The number of aliphatic hydroxyl groups is 1. The largest absolute Gasteiger partial charge is 0.492 e. The second-order valence-electron chi connectivity index (χ2n) is 17.4. The van der Waals surface area contributed by atoms with Gasteiger partial charge in [0.15, 0.2) is 39.8 Å². The van der Waals surface area contributed by atoms with Crippen LogP contribution in [0.2, 0.25) is 0 Å². The molecule has 0 radical (unpaired) electrons. The number of esters is 1. The number of carbonyl (C=O) groups excluding carboxylic acids is 3. The van der Waals surface area contributed by atoms with Gasteiger partial charge in [-0.1, -0.05) is 25.5 Å². The Morgan fingerprint density at radius 3 is 2.52 bits per heavy atom. The maximum absolute atomic E-state index is 18.0. The molecule has 12 heteroatoms. The van der Waals surface area contributed by atoms with Crippen LogP contribution in [0.25, 0.3) is 10.9 Å². The Bertz CT molecular complexity index is 2090. The first-order valence-corrected chi connectivity index (χ1v) is 19.5. The van der Waals surface area contributed by atoms with Crippen LogP contribution in [0, 0.1) is 34.4 Å². The fraction of sp³-hybridized carbons (Fsp3) is 0.619. The van der Waals surface area contributed by atoms with Crippen LogP contribution in [0.1, 0.15) is 84.9 Å². The highest BCUT2D eigenvalue weighted by molar-refractivity contribution is 6.01. The lowest BCUT2D eigenvalue weighted by Gasteiger charge is -2.62. The van der Waals surface area contributed by atoms with Gasteiger partial charge in [0, 0.05) is 73.1 Å². The van der Waals surface area contributed by atoms with Gasteiger partial charge in [-0.2, -0.15) is 0 Å². The lowest BCUT2D eigenvalue weighted by molar-refractivity contribution is -0.226. The van der Waals surface area contributed by atoms with Gasteiger partial charge >= 0.3 is 5.97 Å². The molecule has 1 unspecified atom stereocenters. The van der Waals surface area contributed by atoms with Gasteiger partial charge in [0.2, 0.25) is 0 Å². The fourth-order valence-electron chi connectivity index (χ4n) is 11.9. The molecule has 54 heavy (non-hydrogen) atoms. The summed E-state index contributed by atoms with van der Waals surface area (Å²) in [4.78, 5) is 56.5. The Balaban J connectivity index is 1.24. The SMILES string of the molecule is COc1c(N2CCNC(C)C2)c(F)cc2c(=O)cc(CC(=O)[C@]3(OC(C)=O)[C@H](C)C[C@@H]4[C@H]5CCC6=CC(=O)C=C[C@@]6(C)[C@]5(F)[C@H](O)C[C@]43C)n(C3CC3)c12. The number of pyridine rings is 1. The third-order valence-corrected chi connectivity index (χ3v) is 14.3. The van der Waals surface area contributed by atoms with Gasteiger partial charge in [0.05, 0.1) is 30.5 Å². The van der Waals surface area contributed by atoms with Gasteiger partial charge in [0.1, 0.15) is 5.69 Å². The molecule has 2 heterocycles. The van der Waals surface area contributed by atoms with E-state index >= 15 is 13.6 Å². The van der Waals surface area contributed by atoms with Crippen LogP contribution in [0.5, 0.6) is 5.75 Å². The summed E-state index contributed by atoms with van der Waals surface area (Å²) in [5, 5.41) is 15.5. The van der Waals surface area contributed by atoms with E-state index in [1.807, 2.05) is 30.2 Å². The molecule has 9 atom stereocenters. The normalized spacial score (nSPS) is 37.4. The first kappa shape index (κ1) is 37.0. The first-order valence-electron chi connectivity index (χ1n) is 19.5. The van der Waals surface area contributed by atoms with Gasteiger partial charge in [-0.15, -0.1) is 0 Å². The number of allylic oxidation sites excluding steroid dienone is 4. The highest BCUT2D eigenvalue weighted by Gasteiger charge is 2.77. The second-order valence-corrected chi connectivity index (χ2v) is 17.4. The number of aliphatic hydroxyl groups excluding tert-OH is 1. The predicted octanol–water partition coefficient (Wildman–Crippen LogP) is 5.31. The summed E-state index contributed by atoms with van der Waals surface area (Å²) < 4.78 is 48.1. The molecule has 1 aromatic heterocycles. The van der Waals surface area contributed by atoms with E-state index in [4.69, 9.17) is 9.47 Å². The highest BCUT2D eigenvalue weighted by atomic mass is 19.1. The third kappa shape index (κ3) is 5.00. The molecule has 0 spiro atoms. The molecule has 10 nitrogen and oxygen atoms in total. The molecule has 6 aliphatic rings. The number of ether oxygens (including phenoxy) is 2. The number of halogens is 2. The Morgan fingerprint density at radius 1 is 1.11 bits per heavy atom. The molecule has 0 amide bonds. The zero-order valence-electron chi connectivity index (χ0n) is 32.0. The number of piperazine rings is 1. The number of ketones is 2. The first-order chi connectivity index (χ1) is 25.5. The van der Waals surface area contributed by atoms with Crippen LogP contribution in [0.4, 0.5) is 14.5 Å². The van der Waals surface area contributed by atoms with E-state index in [0.29, 0.717) is 55.7 Å². The summed E-state index contributed by atoms with van der Waals surface area (Å²) in [5.41, 5.74) is -4.93. The number of methoxy groups -OCH3 is 1. The molecule has 290 valence electrons. The Kier molecular flexibility index (Phi) is 8.62. The summed E-state index contributed by atoms with van der Waals surface area (Å²) in [6.45, 7) is 10.4. The molecule has 8 rings (SSSR count). The molecule has 2 aromatic rings. The van der Waals surface area contributed by atoms with Crippen molar-refractivity contribution in [3.05, 3.63) is 57.7 Å². The van der Waals surface area contributed by atoms with Crippen molar-refractivity contribution in [1.29, 1.82) is 0 Å². The molecule has 1 saturated heterocycles. The van der Waals surface area contributed by atoms with Crippen molar-refractivity contribution in [2.45, 2.75) is 109 Å². The van der Waals surface area contributed by atoms with Crippen LogP contribution in [0.3, 0.4) is 0 Å². The van der Waals surface area contributed by atoms with Crippen molar-refractivity contribution in [2.24, 2.45) is 28.6 Å². The average Bonchev–Trinajstić information content (AvgIpc) is 3.92. The smallest absolute Gasteiger partial charge is 0.303 e. The maximum atomic E-state index is 18.0. The van der Waals surface area contributed by atoms with Crippen molar-refractivity contribution in [1.82, 2.24) is 9.88 Å². The van der Waals surface area contributed by atoms with Gasteiger partial charge in [-0.25, -0.2) is 8.78 Å². The van der Waals surface area contributed by atoms with E-state index < -0.39 is 69.0 Å². The maximum Gasteiger partial charge on any atom is 0.303 e. The summed E-state index contributed by atoms with van der Waals surface area (Å²) in [7, 11) is 1.46. The van der Waals surface area contributed by atoms with E-state index in [0.717, 1.165) is 12.8 Å². The lowest BCUT2D eigenvalue weighted by Crippen LogP contribution is -2.70. The molecule has 1 aromatic carbocycles. The Hall–Kier alpha value is -3.90. The number of nitrogens with zero attached hydrogens (tertiary/aromatic N) is 2. The minimum atomic E-state index is -2.12. The topological polar surface area (TPSA) is 127 Å². The van der Waals surface area contributed by atoms with Gasteiger partial charge < -0.3 is 29.4 Å². The van der Waals surface area contributed by atoms with Gasteiger partial charge in [-0.3, -0.25) is 19.2 Å². The zero-order valence-corrected chi connectivity index (χ0v) is 32.0. The molecule has 5 fully saturated rings. The van der Waals surface area contributed by atoms with Crippen molar-refractivity contribution in [3.8, 4) is 5.75 Å². The Labute approximate surface area is 313 Å². The number of anilines is 1. The molecule has 1 aliphatic heterocycles. The minimum Gasteiger partial charge on any atom is -0.492 e. The average molecular weight is 748 g/mol. The number of carbonyl (C=O) groups is 3. The van der Waals surface area contributed by atoms with Crippen molar-refractivity contribution >= 4 is 34.1 Å². The van der Waals surface area contributed by atoms with Gasteiger partial charge in [0.25, 0.3) is 0 Å². The summed E-state index contributed by atoms with van der Waals surface area (Å²) in [5.74, 6) is -3.28. The molecule has 2 N–H and O–H groups in total. The molecule has 5 aliphatic carbocycles. The van der Waals surface area contributed by atoms with Crippen LogP contribution >= 0.6 is 0 Å². The second kappa shape index (κ2) is 12.6. The fourth-order valence-corrected chi connectivity index (χ4v) is 11.9.